The number of hydrogen-bond acceptors (Lipinski definition) is 1. The maximum Gasteiger partial charge on any atom is 0.407 e. The minimum Gasteiger partial charge on any atom is -0.465 e. The summed E-state index contributed by atoms with van der Waals surface area (Å²) in [4.78, 5) is 12.1. The van der Waals surface area contributed by atoms with Gasteiger partial charge in [-0.1, -0.05) is 31.7 Å². The van der Waals surface area contributed by atoms with E-state index in [2.05, 4.69) is 19.6 Å². The van der Waals surface area contributed by atoms with Crippen LogP contribution in [-0.4, -0.2) is 29.2 Å². The second kappa shape index (κ2) is 8.09. The van der Waals surface area contributed by atoms with E-state index < -0.39 is 6.09 Å². The van der Waals surface area contributed by atoms with Crippen LogP contribution in [0.25, 0.3) is 0 Å². The van der Waals surface area contributed by atoms with E-state index >= 15 is 0 Å². The third-order valence-corrected chi connectivity index (χ3v) is 2.32. The number of amides is 1. The highest BCUT2D eigenvalue weighted by Gasteiger charge is 2.08. The van der Waals surface area contributed by atoms with Gasteiger partial charge in [0.1, 0.15) is 0 Å². The monoisotopic (exact) mass is 211 g/mol. The van der Waals surface area contributed by atoms with Gasteiger partial charge in [0, 0.05) is 13.1 Å². The van der Waals surface area contributed by atoms with Crippen LogP contribution >= 0.6 is 0 Å². The van der Waals surface area contributed by atoms with E-state index in [-0.39, 0.29) is 0 Å². The molecule has 0 saturated carbocycles. The molecule has 0 aliphatic heterocycles. The van der Waals surface area contributed by atoms with Crippen molar-refractivity contribution >= 4 is 6.09 Å². The molecule has 0 saturated heterocycles. The van der Waals surface area contributed by atoms with E-state index in [0.717, 1.165) is 12.8 Å². The molecule has 0 aliphatic carbocycles. The Hall–Kier alpha value is -1.25. The highest BCUT2D eigenvalue weighted by Crippen LogP contribution is 2.08. The van der Waals surface area contributed by atoms with E-state index in [9.17, 15) is 4.79 Å². The van der Waals surface area contributed by atoms with E-state index in [1.165, 1.54) is 4.90 Å². The van der Waals surface area contributed by atoms with Gasteiger partial charge in [-0.15, -0.1) is 0 Å². The van der Waals surface area contributed by atoms with Crippen LogP contribution in [0.5, 0.6) is 0 Å². The Labute approximate surface area is 92.1 Å². The molecule has 0 aromatic rings. The molecule has 0 spiro atoms. The molecule has 0 radical (unpaired) electrons. The van der Waals surface area contributed by atoms with Crippen molar-refractivity contribution in [3.63, 3.8) is 0 Å². The minimum absolute atomic E-state index is 0.482. The van der Waals surface area contributed by atoms with Gasteiger partial charge in [-0.25, -0.2) is 4.79 Å². The minimum atomic E-state index is -0.827. The molecule has 15 heavy (non-hydrogen) atoms. The molecule has 1 N–H and O–H groups in total. The normalized spacial score (nSPS) is 12.7. The van der Waals surface area contributed by atoms with E-state index in [4.69, 9.17) is 5.11 Å². The van der Waals surface area contributed by atoms with Gasteiger partial charge >= 0.3 is 6.09 Å². The zero-order chi connectivity index (χ0) is 11.7. The van der Waals surface area contributed by atoms with Gasteiger partial charge in [0.25, 0.3) is 0 Å². The fourth-order valence-electron chi connectivity index (χ4n) is 1.36. The summed E-state index contributed by atoms with van der Waals surface area (Å²) in [5.74, 6) is 0.482. The average molecular weight is 211 g/mol. The predicted molar refractivity (Wildman–Crippen MR) is 63.0 cm³/mol. The summed E-state index contributed by atoms with van der Waals surface area (Å²) in [6, 6.07) is 0. The first-order valence-corrected chi connectivity index (χ1v) is 5.38. The fraction of sp³-hybridized carbons (Fsp3) is 0.583. The fourth-order valence-corrected chi connectivity index (χ4v) is 1.36. The molecule has 0 aromatic heterocycles. The van der Waals surface area contributed by atoms with Crippen molar-refractivity contribution in [2.24, 2.45) is 5.92 Å². The molecule has 86 valence electrons. The number of hydrogen-bond donors (Lipinski definition) is 1. The lowest BCUT2D eigenvalue weighted by Gasteiger charge is -2.17. The lowest BCUT2D eigenvalue weighted by molar-refractivity contribution is 0.146. The van der Waals surface area contributed by atoms with E-state index in [1.807, 2.05) is 13.0 Å². The summed E-state index contributed by atoms with van der Waals surface area (Å²) in [6.45, 7) is 8.77. The molecule has 1 atom stereocenters. The van der Waals surface area contributed by atoms with Gasteiger partial charge in [-0.3, -0.25) is 0 Å². The summed E-state index contributed by atoms with van der Waals surface area (Å²) in [6.07, 6.45) is 6.86. The van der Waals surface area contributed by atoms with Gasteiger partial charge in [-0.2, -0.15) is 0 Å². The molecule has 0 rings (SSSR count). The van der Waals surface area contributed by atoms with Crippen LogP contribution < -0.4 is 0 Å². The summed E-state index contributed by atoms with van der Waals surface area (Å²) >= 11 is 0. The van der Waals surface area contributed by atoms with E-state index in [1.54, 1.807) is 6.08 Å². The molecule has 1 unspecified atom stereocenters. The Kier molecular flexibility index (Phi) is 7.42. The topological polar surface area (TPSA) is 40.5 Å². The molecule has 0 heterocycles. The highest BCUT2D eigenvalue weighted by molar-refractivity contribution is 5.64. The quantitative estimate of drug-likeness (QED) is 0.657. The van der Waals surface area contributed by atoms with Crippen molar-refractivity contribution in [2.75, 3.05) is 13.1 Å². The third-order valence-electron chi connectivity index (χ3n) is 2.32. The maximum atomic E-state index is 10.7. The smallest absolute Gasteiger partial charge is 0.407 e. The summed E-state index contributed by atoms with van der Waals surface area (Å²) < 4.78 is 0. The highest BCUT2D eigenvalue weighted by atomic mass is 16.4. The van der Waals surface area contributed by atoms with Gasteiger partial charge < -0.3 is 10.0 Å². The molecule has 3 nitrogen and oxygen atoms in total. The Morgan fingerprint density at radius 2 is 2.27 bits per heavy atom. The van der Waals surface area contributed by atoms with Gasteiger partial charge in [0.2, 0.25) is 0 Å². The second-order valence-electron chi connectivity index (χ2n) is 3.60. The van der Waals surface area contributed by atoms with Crippen LogP contribution in [0.1, 0.15) is 26.7 Å². The van der Waals surface area contributed by atoms with Crippen LogP contribution in [0.15, 0.2) is 24.8 Å². The van der Waals surface area contributed by atoms with Crippen LogP contribution in [-0.2, 0) is 0 Å². The number of nitrogens with zero attached hydrogens (tertiary/aromatic N) is 1. The lowest BCUT2D eigenvalue weighted by atomic mass is 10.1. The van der Waals surface area contributed by atoms with Crippen molar-refractivity contribution in [3.05, 3.63) is 24.8 Å². The van der Waals surface area contributed by atoms with Crippen LogP contribution in [0, 0.1) is 5.92 Å². The molecular weight excluding hydrogens is 190 g/mol. The summed E-state index contributed by atoms with van der Waals surface area (Å²) in [5.41, 5.74) is 0. The first-order valence-electron chi connectivity index (χ1n) is 5.38. The second-order valence-corrected chi connectivity index (χ2v) is 3.60. The zero-order valence-corrected chi connectivity index (χ0v) is 9.65. The van der Waals surface area contributed by atoms with Crippen LogP contribution in [0.2, 0.25) is 0 Å². The van der Waals surface area contributed by atoms with Crippen molar-refractivity contribution in [1.82, 2.24) is 4.90 Å². The molecule has 0 bridgehead atoms. The molecular formula is C12H21NO2. The summed E-state index contributed by atoms with van der Waals surface area (Å²) in [5, 5.41) is 8.78. The summed E-state index contributed by atoms with van der Waals surface area (Å²) in [7, 11) is 0. The first-order chi connectivity index (χ1) is 7.11. The molecule has 0 aliphatic rings. The van der Waals surface area contributed by atoms with Crippen molar-refractivity contribution < 1.29 is 9.90 Å². The lowest BCUT2D eigenvalue weighted by Crippen LogP contribution is -2.30. The average Bonchev–Trinajstić information content (AvgIpc) is 2.20. The molecule has 1 amide bonds. The molecule has 3 heteroatoms. The van der Waals surface area contributed by atoms with Crippen LogP contribution in [0.4, 0.5) is 4.79 Å². The first kappa shape index (κ1) is 13.8. The standard InChI is InChI=1S/C12H21NO2/c1-4-6-8-11(3)9-7-10-13(5-2)12(14)15/h4,6,8,11H,1,5,7,9-10H2,2-3H3,(H,14,15)/b8-6+. The Morgan fingerprint density at radius 3 is 2.73 bits per heavy atom. The number of carboxylic acid groups (broad SMARTS) is 1. The van der Waals surface area contributed by atoms with Crippen molar-refractivity contribution in [2.45, 2.75) is 26.7 Å². The van der Waals surface area contributed by atoms with Crippen molar-refractivity contribution in [1.29, 1.82) is 0 Å². The van der Waals surface area contributed by atoms with Gasteiger partial charge in [-0.05, 0) is 25.7 Å². The Balaban J connectivity index is 3.72. The third kappa shape index (κ3) is 6.77. The maximum absolute atomic E-state index is 10.7. The SMILES string of the molecule is C=C/C=C/C(C)CCCN(CC)C(=O)O. The Morgan fingerprint density at radius 1 is 1.60 bits per heavy atom. The predicted octanol–water partition coefficient (Wildman–Crippen LogP) is 3.14. The van der Waals surface area contributed by atoms with Gasteiger partial charge in [0.05, 0.1) is 0 Å². The number of allylic oxidation sites excluding steroid dienone is 3. The van der Waals surface area contributed by atoms with Crippen molar-refractivity contribution in [3.8, 4) is 0 Å². The number of carbonyl (C=O) groups is 1. The molecule has 0 fully saturated rings. The molecule has 0 aromatic carbocycles. The number of rotatable bonds is 7. The van der Waals surface area contributed by atoms with E-state index in [0.29, 0.717) is 19.0 Å². The Bertz CT molecular complexity index is 224. The zero-order valence-electron chi connectivity index (χ0n) is 9.65. The van der Waals surface area contributed by atoms with Gasteiger partial charge in [0.15, 0.2) is 0 Å². The van der Waals surface area contributed by atoms with Crippen LogP contribution in [0.3, 0.4) is 0 Å². The largest absolute Gasteiger partial charge is 0.465 e.